The van der Waals surface area contributed by atoms with Crippen molar-refractivity contribution in [3.63, 3.8) is 0 Å². The van der Waals surface area contributed by atoms with Crippen LogP contribution in [0, 0.1) is 6.92 Å². The van der Waals surface area contributed by atoms with Gasteiger partial charge in [-0.25, -0.2) is 4.79 Å². The number of esters is 1. The second-order valence-corrected chi connectivity index (χ2v) is 6.69. The molecule has 1 amide bonds. The fourth-order valence-electron chi connectivity index (χ4n) is 3.38. The fourth-order valence-corrected chi connectivity index (χ4v) is 3.38. The van der Waals surface area contributed by atoms with Gasteiger partial charge in [-0.15, -0.1) is 0 Å². The Morgan fingerprint density at radius 3 is 2.63 bits per heavy atom. The molecular weight excluding hydrogens is 388 g/mol. The second-order valence-electron chi connectivity index (χ2n) is 6.69. The van der Waals surface area contributed by atoms with Crippen molar-refractivity contribution in [2.75, 3.05) is 11.9 Å². The van der Waals surface area contributed by atoms with Crippen molar-refractivity contribution in [1.82, 2.24) is 14.7 Å². The summed E-state index contributed by atoms with van der Waals surface area (Å²) in [5.74, 6) is -0.844. The van der Waals surface area contributed by atoms with Gasteiger partial charge < -0.3 is 14.6 Å². The summed E-state index contributed by atoms with van der Waals surface area (Å²) in [4.78, 5) is 42.7. The SMILES string of the molecule is CCOC(=O)c1noc2nc(C)n([C@H](CC)C(=O)Nc3ccccc3CC)c(=O)c12. The quantitative estimate of drug-likeness (QED) is 0.593. The smallest absolute Gasteiger partial charge is 0.361 e. The van der Waals surface area contributed by atoms with Crippen LogP contribution in [-0.4, -0.2) is 33.2 Å². The van der Waals surface area contributed by atoms with Gasteiger partial charge in [-0.1, -0.05) is 37.2 Å². The highest BCUT2D eigenvalue weighted by atomic mass is 16.5. The standard InChI is InChI=1S/C21H24N4O5/c1-5-13-10-8-9-11-14(13)23-18(26)15(6-2)25-12(4)22-19-16(20(25)27)17(24-30-19)21(28)29-7-3/h8-11,15H,5-7H2,1-4H3,(H,23,26)/t15-/m1/s1. The van der Waals surface area contributed by atoms with Crippen LogP contribution in [0.4, 0.5) is 5.69 Å². The van der Waals surface area contributed by atoms with Gasteiger partial charge in [0.05, 0.1) is 6.61 Å². The van der Waals surface area contributed by atoms with E-state index in [4.69, 9.17) is 9.26 Å². The van der Waals surface area contributed by atoms with E-state index in [0.717, 1.165) is 12.0 Å². The number of carbonyl (C=O) groups excluding carboxylic acids is 2. The van der Waals surface area contributed by atoms with E-state index in [1.807, 2.05) is 31.2 Å². The summed E-state index contributed by atoms with van der Waals surface area (Å²) in [6.45, 7) is 7.16. The number of carbonyl (C=O) groups is 2. The van der Waals surface area contributed by atoms with Crippen LogP contribution < -0.4 is 10.9 Å². The van der Waals surface area contributed by atoms with Gasteiger partial charge in [0.2, 0.25) is 11.6 Å². The summed E-state index contributed by atoms with van der Waals surface area (Å²) < 4.78 is 11.3. The van der Waals surface area contributed by atoms with Crippen molar-refractivity contribution in [1.29, 1.82) is 0 Å². The average Bonchev–Trinajstić information content (AvgIpc) is 3.15. The number of benzene rings is 1. The molecule has 3 aromatic rings. The molecule has 2 heterocycles. The van der Waals surface area contributed by atoms with Crippen LogP contribution >= 0.6 is 0 Å². The number of aromatic nitrogens is 3. The Bertz CT molecular complexity index is 1150. The lowest BCUT2D eigenvalue weighted by Crippen LogP contribution is -2.35. The lowest BCUT2D eigenvalue weighted by molar-refractivity contribution is -0.119. The number of hydrogen-bond acceptors (Lipinski definition) is 7. The number of nitrogens with one attached hydrogen (secondary N) is 1. The number of hydrogen-bond donors (Lipinski definition) is 1. The zero-order valence-electron chi connectivity index (χ0n) is 17.4. The maximum atomic E-state index is 13.3. The molecule has 9 nitrogen and oxygen atoms in total. The summed E-state index contributed by atoms with van der Waals surface area (Å²) in [5, 5.41) is 6.46. The zero-order chi connectivity index (χ0) is 21.8. The predicted octanol–water partition coefficient (Wildman–Crippen LogP) is 3.02. The molecule has 0 spiro atoms. The highest BCUT2D eigenvalue weighted by Crippen LogP contribution is 2.21. The van der Waals surface area contributed by atoms with Crippen molar-refractivity contribution in [3.8, 4) is 0 Å². The minimum Gasteiger partial charge on any atom is -0.461 e. The van der Waals surface area contributed by atoms with E-state index in [2.05, 4.69) is 15.5 Å². The fraction of sp³-hybridized carbons (Fsp3) is 0.381. The first-order chi connectivity index (χ1) is 14.4. The van der Waals surface area contributed by atoms with Crippen LogP contribution in [0.5, 0.6) is 0 Å². The minimum absolute atomic E-state index is 0.0663. The van der Waals surface area contributed by atoms with Gasteiger partial charge >= 0.3 is 5.97 Å². The molecule has 0 saturated carbocycles. The summed E-state index contributed by atoms with van der Waals surface area (Å²) in [7, 11) is 0. The van der Waals surface area contributed by atoms with Gasteiger partial charge in [0.1, 0.15) is 17.3 Å². The van der Waals surface area contributed by atoms with Gasteiger partial charge in [-0.05, 0) is 38.3 Å². The van der Waals surface area contributed by atoms with E-state index < -0.39 is 17.6 Å². The molecule has 0 aliphatic rings. The lowest BCUT2D eigenvalue weighted by Gasteiger charge is -2.20. The second kappa shape index (κ2) is 8.89. The highest BCUT2D eigenvalue weighted by molar-refractivity contribution is 6.00. The normalized spacial score (nSPS) is 12.0. The Labute approximate surface area is 173 Å². The number of aryl methyl sites for hydroxylation is 2. The van der Waals surface area contributed by atoms with Crippen molar-refractivity contribution < 1.29 is 18.8 Å². The highest BCUT2D eigenvalue weighted by Gasteiger charge is 2.28. The maximum absolute atomic E-state index is 13.3. The molecule has 0 unspecified atom stereocenters. The van der Waals surface area contributed by atoms with Gasteiger partial charge in [-0.3, -0.25) is 14.2 Å². The maximum Gasteiger partial charge on any atom is 0.361 e. The molecule has 0 bridgehead atoms. The number of nitrogens with zero attached hydrogens (tertiary/aromatic N) is 3. The van der Waals surface area contributed by atoms with Crippen molar-refractivity contribution in [3.05, 3.63) is 51.7 Å². The predicted molar refractivity (Wildman–Crippen MR) is 111 cm³/mol. The number of anilines is 1. The monoisotopic (exact) mass is 412 g/mol. The Morgan fingerprint density at radius 1 is 1.23 bits per heavy atom. The third-order valence-electron chi connectivity index (χ3n) is 4.84. The molecular formula is C21H24N4O5. The average molecular weight is 412 g/mol. The molecule has 0 aliphatic carbocycles. The molecule has 0 saturated heterocycles. The first-order valence-electron chi connectivity index (χ1n) is 9.87. The number of para-hydroxylation sites is 1. The third kappa shape index (κ3) is 3.83. The Kier molecular flexibility index (Phi) is 6.29. The number of rotatable bonds is 7. The Hall–Kier alpha value is -3.49. The van der Waals surface area contributed by atoms with Gasteiger partial charge in [0, 0.05) is 5.69 Å². The number of amides is 1. The summed E-state index contributed by atoms with van der Waals surface area (Å²) in [6, 6.07) is 6.67. The van der Waals surface area contributed by atoms with Crippen LogP contribution in [0.3, 0.4) is 0 Å². The van der Waals surface area contributed by atoms with Crippen molar-refractivity contribution in [2.45, 2.75) is 46.6 Å². The number of fused-ring (bicyclic) bond motifs is 1. The van der Waals surface area contributed by atoms with Gasteiger partial charge in [0.15, 0.2) is 0 Å². The van der Waals surface area contributed by atoms with Crippen LogP contribution in [-0.2, 0) is 16.0 Å². The van der Waals surface area contributed by atoms with E-state index in [-0.39, 0.29) is 35.1 Å². The van der Waals surface area contributed by atoms with E-state index in [9.17, 15) is 14.4 Å². The third-order valence-corrected chi connectivity index (χ3v) is 4.84. The molecule has 1 N–H and O–H groups in total. The zero-order valence-corrected chi connectivity index (χ0v) is 17.4. The van der Waals surface area contributed by atoms with E-state index in [0.29, 0.717) is 12.1 Å². The van der Waals surface area contributed by atoms with Crippen LogP contribution in [0.25, 0.3) is 11.1 Å². The molecule has 2 aromatic heterocycles. The van der Waals surface area contributed by atoms with E-state index in [1.54, 1.807) is 20.8 Å². The lowest BCUT2D eigenvalue weighted by atomic mass is 10.1. The van der Waals surface area contributed by atoms with Crippen LogP contribution in [0.15, 0.2) is 33.6 Å². The van der Waals surface area contributed by atoms with E-state index in [1.165, 1.54) is 4.57 Å². The minimum atomic E-state index is -0.829. The molecule has 30 heavy (non-hydrogen) atoms. The molecule has 0 fully saturated rings. The first-order valence-corrected chi connectivity index (χ1v) is 9.87. The van der Waals surface area contributed by atoms with Crippen LogP contribution in [0.1, 0.15) is 55.1 Å². The van der Waals surface area contributed by atoms with Gasteiger partial charge in [0.25, 0.3) is 11.3 Å². The molecule has 1 aromatic carbocycles. The Balaban J connectivity index is 2.06. The summed E-state index contributed by atoms with van der Waals surface area (Å²) >= 11 is 0. The number of ether oxygens (including phenoxy) is 1. The van der Waals surface area contributed by atoms with Crippen LogP contribution in [0.2, 0.25) is 0 Å². The first kappa shape index (κ1) is 21.2. The molecule has 3 rings (SSSR count). The Morgan fingerprint density at radius 2 is 1.97 bits per heavy atom. The van der Waals surface area contributed by atoms with Gasteiger partial charge in [-0.2, -0.15) is 4.98 Å². The van der Waals surface area contributed by atoms with Crippen molar-refractivity contribution in [2.24, 2.45) is 0 Å². The molecule has 1 atom stereocenters. The summed E-state index contributed by atoms with van der Waals surface area (Å²) in [5.41, 5.74) is 0.794. The topological polar surface area (TPSA) is 116 Å². The van der Waals surface area contributed by atoms with Crippen molar-refractivity contribution >= 4 is 28.7 Å². The molecule has 0 aliphatic heterocycles. The molecule has 0 radical (unpaired) electrons. The summed E-state index contributed by atoms with van der Waals surface area (Å²) in [6.07, 6.45) is 1.09. The molecule has 158 valence electrons. The van der Waals surface area contributed by atoms with E-state index >= 15 is 0 Å². The molecule has 9 heteroatoms. The largest absolute Gasteiger partial charge is 0.461 e.